The fourth-order valence-electron chi connectivity index (χ4n) is 1.72. The second-order valence-corrected chi connectivity index (χ2v) is 4.02. The number of rotatable bonds is 4. The van der Waals surface area contributed by atoms with E-state index in [2.05, 4.69) is 10.4 Å². The zero-order valence-electron chi connectivity index (χ0n) is 10.1. The van der Waals surface area contributed by atoms with Gasteiger partial charge in [0.15, 0.2) is 0 Å². The van der Waals surface area contributed by atoms with Crippen molar-refractivity contribution in [1.82, 2.24) is 15.1 Å². The molecule has 0 bridgehead atoms. The Labute approximate surface area is 100 Å². The Bertz CT molecular complexity index is 505. The molecule has 0 aliphatic rings. The number of nitrogens with zero attached hydrogens (tertiary/aromatic N) is 2. The van der Waals surface area contributed by atoms with Crippen molar-refractivity contribution >= 4 is 0 Å². The molecule has 0 radical (unpaired) electrons. The zero-order chi connectivity index (χ0) is 12.3. The van der Waals surface area contributed by atoms with Crippen LogP contribution in [-0.4, -0.2) is 16.3 Å². The number of hydrogen-bond acceptors (Lipinski definition) is 2. The predicted molar refractivity (Wildman–Crippen MR) is 65.6 cm³/mol. The number of aryl methyl sites for hydroxylation is 1. The molecule has 0 saturated heterocycles. The first kappa shape index (κ1) is 11.8. The number of halogens is 1. The van der Waals surface area contributed by atoms with Gasteiger partial charge in [-0.1, -0.05) is 6.92 Å². The van der Waals surface area contributed by atoms with Crippen LogP contribution in [-0.2, 0) is 6.54 Å². The first-order chi connectivity index (χ1) is 8.20. The van der Waals surface area contributed by atoms with Gasteiger partial charge >= 0.3 is 0 Å². The fourth-order valence-corrected chi connectivity index (χ4v) is 1.72. The number of hydrogen-bond donors (Lipinski definition) is 1. The quantitative estimate of drug-likeness (QED) is 0.879. The molecule has 0 fully saturated rings. The topological polar surface area (TPSA) is 29.9 Å². The van der Waals surface area contributed by atoms with E-state index >= 15 is 0 Å². The van der Waals surface area contributed by atoms with Crippen molar-refractivity contribution in [3.8, 4) is 5.69 Å². The highest BCUT2D eigenvalue weighted by atomic mass is 19.1. The summed E-state index contributed by atoms with van der Waals surface area (Å²) >= 11 is 0. The highest BCUT2D eigenvalue weighted by Crippen LogP contribution is 2.16. The number of aromatic nitrogens is 2. The molecular weight excluding hydrogens is 217 g/mol. The third-order valence-electron chi connectivity index (χ3n) is 2.57. The fraction of sp³-hybridized carbons (Fsp3) is 0.308. The molecule has 1 aromatic heterocycles. The molecule has 1 N–H and O–H groups in total. The van der Waals surface area contributed by atoms with Gasteiger partial charge in [-0.25, -0.2) is 9.07 Å². The molecule has 2 rings (SSSR count). The van der Waals surface area contributed by atoms with Crippen molar-refractivity contribution in [2.24, 2.45) is 0 Å². The number of nitrogens with one attached hydrogen (secondary N) is 1. The molecule has 4 heteroatoms. The van der Waals surface area contributed by atoms with Crippen LogP contribution < -0.4 is 5.32 Å². The Morgan fingerprint density at radius 3 is 2.88 bits per heavy atom. The van der Waals surface area contributed by atoms with E-state index in [1.165, 1.54) is 6.07 Å². The van der Waals surface area contributed by atoms with Gasteiger partial charge in [0.25, 0.3) is 0 Å². The molecule has 90 valence electrons. The van der Waals surface area contributed by atoms with Crippen LogP contribution in [0.5, 0.6) is 0 Å². The first-order valence-corrected chi connectivity index (χ1v) is 5.71. The van der Waals surface area contributed by atoms with Gasteiger partial charge in [-0.15, -0.1) is 0 Å². The lowest BCUT2D eigenvalue weighted by Gasteiger charge is -2.10. The van der Waals surface area contributed by atoms with E-state index in [0.29, 0.717) is 6.54 Å². The standard InChI is InChI=1S/C13H16FN3/c1-3-15-8-11-6-12(14)4-5-13(11)17-9-10(2)7-16-17/h4-7,9,15H,3,8H2,1-2H3. The maximum absolute atomic E-state index is 13.2. The molecule has 17 heavy (non-hydrogen) atoms. The largest absolute Gasteiger partial charge is 0.313 e. The normalized spacial score (nSPS) is 10.8. The molecule has 1 aromatic carbocycles. The SMILES string of the molecule is CCNCc1cc(F)ccc1-n1cc(C)cn1. The highest BCUT2D eigenvalue weighted by Gasteiger charge is 2.06. The summed E-state index contributed by atoms with van der Waals surface area (Å²) in [4.78, 5) is 0. The van der Waals surface area contributed by atoms with Crippen molar-refractivity contribution < 1.29 is 4.39 Å². The lowest BCUT2D eigenvalue weighted by Crippen LogP contribution is -2.14. The van der Waals surface area contributed by atoms with E-state index in [0.717, 1.165) is 23.4 Å². The third kappa shape index (κ3) is 2.71. The van der Waals surface area contributed by atoms with Gasteiger partial charge in [0, 0.05) is 12.7 Å². The van der Waals surface area contributed by atoms with E-state index in [-0.39, 0.29) is 5.82 Å². The van der Waals surface area contributed by atoms with Crippen LogP contribution in [0.2, 0.25) is 0 Å². The average Bonchev–Trinajstić information content (AvgIpc) is 2.73. The van der Waals surface area contributed by atoms with Gasteiger partial charge in [-0.3, -0.25) is 0 Å². The van der Waals surface area contributed by atoms with Crippen LogP contribution in [0.1, 0.15) is 18.1 Å². The summed E-state index contributed by atoms with van der Waals surface area (Å²) in [5.74, 6) is -0.217. The minimum Gasteiger partial charge on any atom is -0.313 e. The average molecular weight is 233 g/mol. The van der Waals surface area contributed by atoms with Crippen LogP contribution in [0.15, 0.2) is 30.6 Å². The van der Waals surface area contributed by atoms with Gasteiger partial charge in [0.2, 0.25) is 0 Å². The lowest BCUT2D eigenvalue weighted by molar-refractivity contribution is 0.620. The summed E-state index contributed by atoms with van der Waals surface area (Å²) in [6.45, 7) is 5.50. The van der Waals surface area contributed by atoms with Crippen LogP contribution in [0.4, 0.5) is 4.39 Å². The minimum absolute atomic E-state index is 0.217. The van der Waals surface area contributed by atoms with Crippen molar-refractivity contribution in [3.05, 3.63) is 47.5 Å². The third-order valence-corrected chi connectivity index (χ3v) is 2.57. The Morgan fingerprint density at radius 2 is 2.24 bits per heavy atom. The molecule has 0 amide bonds. The Hall–Kier alpha value is -1.68. The summed E-state index contributed by atoms with van der Waals surface area (Å²) in [5.41, 5.74) is 2.92. The molecule has 0 saturated carbocycles. The maximum atomic E-state index is 13.2. The monoisotopic (exact) mass is 233 g/mol. The van der Waals surface area contributed by atoms with Crippen molar-refractivity contribution in [1.29, 1.82) is 0 Å². The van der Waals surface area contributed by atoms with Gasteiger partial charge in [-0.2, -0.15) is 5.10 Å². The van der Waals surface area contributed by atoms with E-state index in [4.69, 9.17) is 0 Å². The predicted octanol–water partition coefficient (Wildman–Crippen LogP) is 2.43. The zero-order valence-corrected chi connectivity index (χ0v) is 10.1. The molecule has 1 heterocycles. The Kier molecular flexibility index (Phi) is 3.54. The van der Waals surface area contributed by atoms with Crippen LogP contribution in [0.25, 0.3) is 5.69 Å². The molecule has 0 atom stereocenters. The number of benzene rings is 1. The molecular formula is C13H16FN3. The molecule has 3 nitrogen and oxygen atoms in total. The summed E-state index contributed by atoms with van der Waals surface area (Å²) < 4.78 is 15.0. The van der Waals surface area contributed by atoms with E-state index in [9.17, 15) is 4.39 Å². The lowest BCUT2D eigenvalue weighted by atomic mass is 10.1. The second kappa shape index (κ2) is 5.10. The van der Waals surface area contributed by atoms with E-state index < -0.39 is 0 Å². The molecule has 0 unspecified atom stereocenters. The van der Waals surface area contributed by atoms with Crippen LogP contribution in [0.3, 0.4) is 0 Å². The molecule has 0 aliphatic heterocycles. The summed E-state index contributed by atoms with van der Waals surface area (Å²) in [6.07, 6.45) is 3.73. The molecule has 0 aliphatic carbocycles. The van der Waals surface area contributed by atoms with Crippen LogP contribution >= 0.6 is 0 Å². The minimum atomic E-state index is -0.217. The van der Waals surface area contributed by atoms with Gasteiger partial charge in [0.05, 0.1) is 11.9 Å². The van der Waals surface area contributed by atoms with E-state index in [1.54, 1.807) is 23.0 Å². The summed E-state index contributed by atoms with van der Waals surface area (Å²) in [7, 11) is 0. The smallest absolute Gasteiger partial charge is 0.123 e. The van der Waals surface area contributed by atoms with Crippen molar-refractivity contribution in [2.75, 3.05) is 6.54 Å². The first-order valence-electron chi connectivity index (χ1n) is 5.71. The van der Waals surface area contributed by atoms with Gasteiger partial charge in [0.1, 0.15) is 5.82 Å². The van der Waals surface area contributed by atoms with Gasteiger partial charge in [-0.05, 0) is 42.8 Å². The second-order valence-electron chi connectivity index (χ2n) is 4.02. The molecule has 0 spiro atoms. The highest BCUT2D eigenvalue weighted by molar-refractivity contribution is 5.41. The van der Waals surface area contributed by atoms with Crippen molar-refractivity contribution in [3.63, 3.8) is 0 Å². The Morgan fingerprint density at radius 1 is 1.41 bits per heavy atom. The summed E-state index contributed by atoms with van der Waals surface area (Å²) in [5, 5.41) is 7.45. The maximum Gasteiger partial charge on any atom is 0.123 e. The molecule has 2 aromatic rings. The van der Waals surface area contributed by atoms with E-state index in [1.807, 2.05) is 20.0 Å². The van der Waals surface area contributed by atoms with Gasteiger partial charge < -0.3 is 5.32 Å². The van der Waals surface area contributed by atoms with Crippen molar-refractivity contribution in [2.45, 2.75) is 20.4 Å². The Balaban J connectivity index is 2.38. The van der Waals surface area contributed by atoms with Crippen LogP contribution in [0, 0.1) is 12.7 Å². The summed E-state index contributed by atoms with van der Waals surface area (Å²) in [6, 6.07) is 4.77.